The lowest BCUT2D eigenvalue weighted by Gasteiger charge is -2.26. The number of hydrogen-bond donors (Lipinski definition) is 1. The summed E-state index contributed by atoms with van der Waals surface area (Å²) in [5.41, 5.74) is 7.09. The lowest BCUT2D eigenvalue weighted by atomic mass is 9.89. The minimum absolute atomic E-state index is 0.0601. The van der Waals surface area contributed by atoms with Crippen LogP contribution in [-0.2, 0) is 15.8 Å². The fourth-order valence-electron chi connectivity index (χ4n) is 3.98. The summed E-state index contributed by atoms with van der Waals surface area (Å²) in [6, 6.07) is 7.08. The van der Waals surface area contributed by atoms with Gasteiger partial charge in [0.1, 0.15) is 0 Å². The second-order valence-electron chi connectivity index (χ2n) is 6.71. The second kappa shape index (κ2) is 5.61. The number of nitrogens with two attached hydrogens (primary N) is 1. The van der Waals surface area contributed by atoms with E-state index >= 15 is 0 Å². The Morgan fingerprint density at radius 2 is 1.90 bits per heavy atom. The molecule has 2 bridgehead atoms. The average molecular weight is 308 g/mol. The van der Waals surface area contributed by atoms with Crippen molar-refractivity contribution in [2.24, 2.45) is 17.8 Å². The molecule has 0 aromatic heterocycles. The lowest BCUT2D eigenvalue weighted by Crippen LogP contribution is -2.34. The van der Waals surface area contributed by atoms with Crippen LogP contribution < -0.4 is 5.73 Å². The van der Waals surface area contributed by atoms with Gasteiger partial charge in [0.25, 0.3) is 0 Å². The van der Waals surface area contributed by atoms with Gasteiger partial charge in [0.15, 0.2) is 0 Å². The highest BCUT2D eigenvalue weighted by Crippen LogP contribution is 2.48. The Balaban J connectivity index is 1.62. The molecule has 21 heavy (non-hydrogen) atoms. The zero-order chi connectivity index (χ0) is 15.0. The van der Waals surface area contributed by atoms with E-state index in [0.29, 0.717) is 18.2 Å². The third kappa shape index (κ3) is 3.24. The Kier molecular flexibility index (Phi) is 3.97. The molecule has 2 fully saturated rings. The Labute approximate surface area is 127 Å². The summed E-state index contributed by atoms with van der Waals surface area (Å²) in [5.74, 6) is 2.23. The Hall–Kier alpha value is -1.07. The van der Waals surface area contributed by atoms with Crippen molar-refractivity contribution in [1.82, 2.24) is 4.31 Å². The highest BCUT2D eigenvalue weighted by Gasteiger charge is 2.40. The van der Waals surface area contributed by atoms with E-state index in [2.05, 4.69) is 0 Å². The van der Waals surface area contributed by atoms with E-state index in [1.807, 2.05) is 0 Å². The summed E-state index contributed by atoms with van der Waals surface area (Å²) in [4.78, 5) is 0. The van der Waals surface area contributed by atoms with E-state index in [4.69, 9.17) is 5.73 Å². The summed E-state index contributed by atoms with van der Waals surface area (Å²) in [7, 11) is -1.52. The van der Waals surface area contributed by atoms with Crippen molar-refractivity contribution in [3.05, 3.63) is 29.8 Å². The zero-order valence-corrected chi connectivity index (χ0v) is 13.3. The molecule has 1 aromatic carbocycles. The molecule has 2 saturated carbocycles. The predicted octanol–water partition coefficient (Wildman–Crippen LogP) is 2.47. The molecular formula is C16H24N2O2S. The molecule has 0 radical (unpaired) electrons. The zero-order valence-electron chi connectivity index (χ0n) is 12.5. The molecule has 0 heterocycles. The molecule has 2 aliphatic carbocycles. The molecule has 4 nitrogen and oxygen atoms in total. The van der Waals surface area contributed by atoms with Gasteiger partial charge < -0.3 is 5.73 Å². The van der Waals surface area contributed by atoms with Gasteiger partial charge in [-0.1, -0.05) is 18.6 Å². The topological polar surface area (TPSA) is 63.4 Å². The van der Waals surface area contributed by atoms with E-state index in [1.165, 1.54) is 25.7 Å². The van der Waals surface area contributed by atoms with Crippen molar-refractivity contribution < 1.29 is 8.42 Å². The summed E-state index contributed by atoms with van der Waals surface area (Å²) in [6.45, 7) is 0.679. The van der Waals surface area contributed by atoms with E-state index in [1.54, 1.807) is 35.6 Å². The van der Waals surface area contributed by atoms with Crippen LogP contribution in [0.2, 0.25) is 0 Å². The average Bonchev–Trinajstić information content (AvgIpc) is 3.03. The maximum Gasteiger partial charge on any atom is 0.218 e. The van der Waals surface area contributed by atoms with Gasteiger partial charge in [-0.3, -0.25) is 0 Å². The minimum Gasteiger partial charge on any atom is -0.399 e. The molecule has 3 atom stereocenters. The fourth-order valence-corrected chi connectivity index (χ4v) is 5.23. The van der Waals surface area contributed by atoms with Gasteiger partial charge in [0.05, 0.1) is 5.75 Å². The normalized spacial score (nSPS) is 28.4. The maximum atomic E-state index is 12.5. The number of rotatable bonds is 5. The number of benzene rings is 1. The van der Waals surface area contributed by atoms with Crippen LogP contribution in [0, 0.1) is 17.8 Å². The van der Waals surface area contributed by atoms with Crippen molar-refractivity contribution in [3.63, 3.8) is 0 Å². The van der Waals surface area contributed by atoms with Crippen LogP contribution in [0.3, 0.4) is 0 Å². The molecular weight excluding hydrogens is 284 g/mol. The monoisotopic (exact) mass is 308 g/mol. The van der Waals surface area contributed by atoms with Gasteiger partial charge in [-0.25, -0.2) is 12.7 Å². The molecule has 0 amide bonds. The summed E-state index contributed by atoms with van der Waals surface area (Å²) in [6.07, 6.45) is 5.17. The molecule has 2 N–H and O–H groups in total. The quantitative estimate of drug-likeness (QED) is 0.850. The van der Waals surface area contributed by atoms with Crippen LogP contribution in [0.1, 0.15) is 31.2 Å². The van der Waals surface area contributed by atoms with Gasteiger partial charge in [-0.2, -0.15) is 0 Å². The Morgan fingerprint density at radius 1 is 1.19 bits per heavy atom. The third-order valence-corrected chi connectivity index (χ3v) is 6.98. The fraction of sp³-hybridized carbons (Fsp3) is 0.625. The first-order chi connectivity index (χ1) is 9.94. The van der Waals surface area contributed by atoms with E-state index < -0.39 is 10.0 Å². The van der Waals surface area contributed by atoms with Crippen molar-refractivity contribution in [2.45, 2.75) is 31.4 Å². The summed E-state index contributed by atoms with van der Waals surface area (Å²) >= 11 is 0. The SMILES string of the molecule is CN(CC1CC2CCC1C2)S(=O)(=O)Cc1ccc(N)cc1. The largest absolute Gasteiger partial charge is 0.399 e. The highest BCUT2D eigenvalue weighted by molar-refractivity contribution is 7.88. The van der Waals surface area contributed by atoms with Gasteiger partial charge >= 0.3 is 0 Å². The van der Waals surface area contributed by atoms with Crippen LogP contribution in [-0.4, -0.2) is 26.3 Å². The first-order valence-corrected chi connectivity index (χ1v) is 9.33. The number of nitrogen functional groups attached to an aromatic ring is 1. The molecule has 0 spiro atoms. The number of hydrogen-bond acceptors (Lipinski definition) is 3. The Morgan fingerprint density at radius 3 is 2.48 bits per heavy atom. The van der Waals surface area contributed by atoms with E-state index in [0.717, 1.165) is 17.4 Å². The number of fused-ring (bicyclic) bond motifs is 2. The molecule has 3 unspecified atom stereocenters. The summed E-state index contributed by atoms with van der Waals surface area (Å²) < 4.78 is 26.5. The van der Waals surface area contributed by atoms with Gasteiger partial charge in [0.2, 0.25) is 10.0 Å². The third-order valence-electron chi connectivity index (χ3n) is 5.18. The molecule has 2 aliphatic rings. The first kappa shape index (κ1) is 14.9. The second-order valence-corrected chi connectivity index (χ2v) is 8.79. The van der Waals surface area contributed by atoms with E-state index in [-0.39, 0.29) is 5.75 Å². The molecule has 1 aromatic rings. The van der Waals surface area contributed by atoms with Crippen molar-refractivity contribution in [3.8, 4) is 0 Å². The number of anilines is 1. The maximum absolute atomic E-state index is 12.5. The van der Waals surface area contributed by atoms with Crippen molar-refractivity contribution >= 4 is 15.7 Å². The Bertz CT molecular complexity index is 597. The van der Waals surface area contributed by atoms with Crippen LogP contribution in [0.4, 0.5) is 5.69 Å². The standard InChI is InChI=1S/C16H24N2O2S/c1-18(10-15-9-13-2-5-14(15)8-13)21(19,20)11-12-3-6-16(17)7-4-12/h3-4,6-7,13-15H,2,5,8-11,17H2,1H3. The lowest BCUT2D eigenvalue weighted by molar-refractivity contribution is 0.280. The van der Waals surface area contributed by atoms with Crippen LogP contribution in [0.25, 0.3) is 0 Å². The number of nitrogens with zero attached hydrogens (tertiary/aromatic N) is 1. The number of sulfonamides is 1. The molecule has 116 valence electrons. The predicted molar refractivity (Wildman–Crippen MR) is 85.0 cm³/mol. The molecule has 5 heteroatoms. The molecule has 0 saturated heterocycles. The smallest absolute Gasteiger partial charge is 0.218 e. The van der Waals surface area contributed by atoms with Crippen LogP contribution >= 0.6 is 0 Å². The van der Waals surface area contributed by atoms with Crippen LogP contribution in [0.15, 0.2) is 24.3 Å². The van der Waals surface area contributed by atoms with Crippen molar-refractivity contribution in [1.29, 1.82) is 0 Å². The van der Waals surface area contributed by atoms with E-state index in [9.17, 15) is 8.42 Å². The van der Waals surface area contributed by atoms with Gasteiger partial charge in [0, 0.05) is 19.3 Å². The molecule has 3 rings (SSSR count). The minimum atomic E-state index is -3.24. The van der Waals surface area contributed by atoms with Gasteiger partial charge in [-0.15, -0.1) is 0 Å². The van der Waals surface area contributed by atoms with Crippen LogP contribution in [0.5, 0.6) is 0 Å². The highest BCUT2D eigenvalue weighted by atomic mass is 32.2. The first-order valence-electron chi connectivity index (χ1n) is 7.72. The summed E-state index contributed by atoms with van der Waals surface area (Å²) in [5, 5.41) is 0. The van der Waals surface area contributed by atoms with Crippen molar-refractivity contribution in [2.75, 3.05) is 19.3 Å². The molecule has 0 aliphatic heterocycles. The van der Waals surface area contributed by atoms with Gasteiger partial charge in [-0.05, 0) is 54.7 Å².